The predicted molar refractivity (Wildman–Crippen MR) is 111 cm³/mol. The molecule has 1 amide bonds. The highest BCUT2D eigenvalue weighted by Crippen LogP contribution is 2.25. The van der Waals surface area contributed by atoms with E-state index < -0.39 is 10.0 Å². The van der Waals surface area contributed by atoms with Crippen LogP contribution < -0.4 is 0 Å². The van der Waals surface area contributed by atoms with Gasteiger partial charge in [-0.1, -0.05) is 49.9 Å². The van der Waals surface area contributed by atoms with Crippen molar-refractivity contribution < 1.29 is 13.2 Å². The van der Waals surface area contributed by atoms with Gasteiger partial charge in [-0.3, -0.25) is 9.69 Å². The summed E-state index contributed by atoms with van der Waals surface area (Å²) in [5.41, 5.74) is 0. The maximum Gasteiger partial charge on any atom is 0.244 e. The molecule has 0 N–H and O–H groups in total. The van der Waals surface area contributed by atoms with Gasteiger partial charge < -0.3 is 4.90 Å². The zero-order valence-corrected chi connectivity index (χ0v) is 18.1. The monoisotopic (exact) mass is 427 g/mol. The van der Waals surface area contributed by atoms with Crippen molar-refractivity contribution >= 4 is 27.5 Å². The van der Waals surface area contributed by atoms with Crippen LogP contribution in [0, 0.1) is 0 Å². The number of benzene rings is 1. The first-order valence-electron chi connectivity index (χ1n) is 10.2. The highest BCUT2D eigenvalue weighted by Gasteiger charge is 2.32. The lowest BCUT2D eigenvalue weighted by Crippen LogP contribution is -2.53. The molecule has 0 unspecified atom stereocenters. The molecule has 1 heterocycles. The summed E-state index contributed by atoms with van der Waals surface area (Å²) in [4.78, 5) is 17.0. The van der Waals surface area contributed by atoms with Gasteiger partial charge in [0.1, 0.15) is 4.90 Å². The fraction of sp³-hybridized carbons (Fsp3) is 0.650. The van der Waals surface area contributed by atoms with E-state index in [0.717, 1.165) is 6.54 Å². The van der Waals surface area contributed by atoms with Crippen LogP contribution in [0.4, 0.5) is 0 Å². The first-order valence-corrected chi connectivity index (χ1v) is 12.0. The highest BCUT2D eigenvalue weighted by atomic mass is 35.5. The van der Waals surface area contributed by atoms with Crippen LogP contribution in [-0.4, -0.2) is 73.7 Å². The summed E-state index contributed by atoms with van der Waals surface area (Å²) in [5, 5.41) is 0.229. The van der Waals surface area contributed by atoms with Crippen molar-refractivity contribution in [3.8, 4) is 0 Å². The van der Waals surface area contributed by atoms with Gasteiger partial charge in [0.25, 0.3) is 0 Å². The van der Waals surface area contributed by atoms with Crippen molar-refractivity contribution in [2.75, 3.05) is 39.3 Å². The molecule has 0 atom stereocenters. The number of likely N-dealkylation sites (N-methyl/N-ethyl adjacent to an activating group) is 1. The summed E-state index contributed by atoms with van der Waals surface area (Å²) in [6.45, 7) is 4.85. The summed E-state index contributed by atoms with van der Waals surface area (Å²) in [7, 11) is -3.63. The maximum atomic E-state index is 12.8. The van der Waals surface area contributed by atoms with E-state index in [2.05, 4.69) is 11.8 Å². The molecule has 3 rings (SSSR count). The van der Waals surface area contributed by atoms with Crippen molar-refractivity contribution in [1.82, 2.24) is 14.1 Å². The summed E-state index contributed by atoms with van der Waals surface area (Å²) in [5.74, 6) is 0.0993. The van der Waals surface area contributed by atoms with E-state index in [1.807, 2.05) is 0 Å². The highest BCUT2D eigenvalue weighted by molar-refractivity contribution is 7.89. The second-order valence-corrected chi connectivity index (χ2v) is 9.88. The number of piperazine rings is 1. The number of halogens is 1. The van der Waals surface area contributed by atoms with Crippen LogP contribution in [0.2, 0.25) is 5.02 Å². The first kappa shape index (κ1) is 21.6. The van der Waals surface area contributed by atoms with Gasteiger partial charge in [0, 0.05) is 32.2 Å². The van der Waals surface area contributed by atoms with Gasteiger partial charge in [-0.05, 0) is 31.5 Å². The van der Waals surface area contributed by atoms with Crippen molar-refractivity contribution in [2.24, 2.45) is 0 Å². The predicted octanol–water partition coefficient (Wildman–Crippen LogP) is 2.83. The van der Waals surface area contributed by atoms with Crippen molar-refractivity contribution in [1.29, 1.82) is 0 Å². The summed E-state index contributed by atoms with van der Waals surface area (Å²) >= 11 is 6.08. The fourth-order valence-corrected chi connectivity index (χ4v) is 6.11. The average Bonchev–Trinajstić information content (AvgIpc) is 2.72. The number of amides is 1. The zero-order valence-electron chi connectivity index (χ0n) is 16.5. The minimum atomic E-state index is -3.63. The summed E-state index contributed by atoms with van der Waals surface area (Å²) in [6.07, 6.45) is 6.13. The molecule has 0 bridgehead atoms. The number of nitrogens with zero attached hydrogens (tertiary/aromatic N) is 3. The number of hydrogen-bond donors (Lipinski definition) is 0. The molecule has 2 fully saturated rings. The Labute approximate surface area is 173 Å². The lowest BCUT2D eigenvalue weighted by Gasteiger charge is -2.37. The van der Waals surface area contributed by atoms with Crippen molar-refractivity contribution in [2.45, 2.75) is 50.0 Å². The molecule has 1 aromatic rings. The Bertz CT molecular complexity index is 773. The van der Waals surface area contributed by atoms with Crippen LogP contribution >= 0.6 is 11.6 Å². The van der Waals surface area contributed by atoms with Crippen molar-refractivity contribution in [3.63, 3.8) is 0 Å². The van der Waals surface area contributed by atoms with E-state index in [0.29, 0.717) is 38.8 Å². The molecule has 1 saturated carbocycles. The third kappa shape index (κ3) is 4.87. The van der Waals surface area contributed by atoms with Crippen molar-refractivity contribution in [3.05, 3.63) is 29.3 Å². The topological polar surface area (TPSA) is 60.9 Å². The van der Waals surface area contributed by atoms with Crippen LogP contribution in [0.25, 0.3) is 0 Å². The molecule has 0 radical (unpaired) electrons. The van der Waals surface area contributed by atoms with Crippen LogP contribution in [0.3, 0.4) is 0 Å². The van der Waals surface area contributed by atoms with Crippen LogP contribution in [-0.2, 0) is 14.8 Å². The quantitative estimate of drug-likeness (QED) is 0.700. The van der Waals surface area contributed by atoms with Gasteiger partial charge in [0.2, 0.25) is 15.9 Å². The molecule has 6 nitrogen and oxygen atoms in total. The van der Waals surface area contributed by atoms with Gasteiger partial charge in [-0.15, -0.1) is 0 Å². The van der Waals surface area contributed by atoms with E-state index in [1.165, 1.54) is 42.5 Å². The molecular weight excluding hydrogens is 398 g/mol. The minimum absolute atomic E-state index is 0.0993. The lowest BCUT2D eigenvalue weighted by atomic mass is 9.94. The number of hydrogen-bond acceptors (Lipinski definition) is 4. The third-order valence-electron chi connectivity index (χ3n) is 5.88. The number of rotatable bonds is 6. The Hall–Kier alpha value is -1.15. The van der Waals surface area contributed by atoms with Gasteiger partial charge in [0.15, 0.2) is 0 Å². The van der Waals surface area contributed by atoms with E-state index in [4.69, 9.17) is 11.6 Å². The molecule has 1 aliphatic heterocycles. The number of carbonyl (C=O) groups is 1. The van der Waals surface area contributed by atoms with Gasteiger partial charge in [-0.2, -0.15) is 4.31 Å². The first-order chi connectivity index (χ1) is 13.4. The molecule has 8 heteroatoms. The molecular formula is C20H30ClN3O3S. The lowest BCUT2D eigenvalue weighted by molar-refractivity contribution is -0.134. The third-order valence-corrected chi connectivity index (χ3v) is 8.28. The summed E-state index contributed by atoms with van der Waals surface area (Å²) < 4.78 is 27.1. The molecule has 156 valence electrons. The molecule has 28 heavy (non-hydrogen) atoms. The Morgan fingerprint density at radius 1 is 1.11 bits per heavy atom. The Morgan fingerprint density at radius 3 is 2.36 bits per heavy atom. The smallest absolute Gasteiger partial charge is 0.244 e. The number of carbonyl (C=O) groups excluding carboxylic acids is 1. The largest absolute Gasteiger partial charge is 0.339 e. The van der Waals surface area contributed by atoms with Gasteiger partial charge in [-0.25, -0.2) is 8.42 Å². The maximum absolute atomic E-state index is 12.8. The fourth-order valence-electron chi connectivity index (χ4n) is 4.19. The second kappa shape index (κ2) is 9.57. The Morgan fingerprint density at radius 2 is 1.75 bits per heavy atom. The van der Waals surface area contributed by atoms with Gasteiger partial charge in [0.05, 0.1) is 11.6 Å². The summed E-state index contributed by atoms with van der Waals surface area (Å²) in [6, 6.07) is 6.99. The van der Waals surface area contributed by atoms with Crippen LogP contribution in [0.15, 0.2) is 29.2 Å². The average molecular weight is 428 g/mol. The standard InChI is InChI=1S/C20H30ClN3O3S/c1-2-22(17-8-4-3-5-9-17)16-20(25)23-12-14-24(15-13-23)28(26,27)19-11-7-6-10-18(19)21/h6-7,10-11,17H,2-5,8-9,12-16H2,1H3. The number of sulfonamides is 1. The Balaban J connectivity index is 1.57. The van der Waals surface area contributed by atoms with E-state index in [9.17, 15) is 13.2 Å². The second-order valence-electron chi connectivity index (χ2n) is 7.57. The molecule has 1 aliphatic carbocycles. The van der Waals surface area contributed by atoms with E-state index >= 15 is 0 Å². The molecule has 2 aliphatic rings. The molecule has 1 saturated heterocycles. The van der Waals surface area contributed by atoms with Gasteiger partial charge >= 0.3 is 0 Å². The normalized spacial score (nSPS) is 19.9. The van der Waals surface area contributed by atoms with Crippen LogP contribution in [0.5, 0.6) is 0 Å². The molecule has 0 aromatic heterocycles. The molecule has 1 aromatic carbocycles. The molecule has 0 spiro atoms. The van der Waals surface area contributed by atoms with E-state index in [1.54, 1.807) is 23.1 Å². The van der Waals surface area contributed by atoms with E-state index in [-0.39, 0.29) is 15.8 Å². The zero-order chi connectivity index (χ0) is 20.1. The SMILES string of the molecule is CCN(CC(=O)N1CCN(S(=O)(=O)c2ccccc2Cl)CC1)C1CCCCC1. The van der Waals surface area contributed by atoms with Crippen LogP contribution in [0.1, 0.15) is 39.0 Å². The minimum Gasteiger partial charge on any atom is -0.339 e. The Kier molecular flexibility index (Phi) is 7.36.